The van der Waals surface area contributed by atoms with Gasteiger partial charge in [-0.2, -0.15) is 4.39 Å². The number of hydrogen-bond donors (Lipinski definition) is 0. The van der Waals surface area contributed by atoms with E-state index in [0.29, 0.717) is 18.8 Å². The number of ether oxygens (including phenoxy) is 3. The molecule has 1 saturated heterocycles. The van der Waals surface area contributed by atoms with Gasteiger partial charge in [0.1, 0.15) is 0 Å². The van der Waals surface area contributed by atoms with Gasteiger partial charge in [0.15, 0.2) is 17.4 Å². The summed E-state index contributed by atoms with van der Waals surface area (Å²) in [4.78, 5) is 0. The maximum absolute atomic E-state index is 14.3. The minimum atomic E-state index is -0.905. The predicted molar refractivity (Wildman–Crippen MR) is 82.4 cm³/mol. The van der Waals surface area contributed by atoms with Gasteiger partial charge in [-0.25, -0.2) is 4.39 Å². The Morgan fingerprint density at radius 1 is 1.13 bits per heavy atom. The molecule has 2 aliphatic rings. The summed E-state index contributed by atoms with van der Waals surface area (Å²) in [6.07, 6.45) is 4.96. The van der Waals surface area contributed by atoms with Crippen LogP contribution in [0.15, 0.2) is 24.8 Å². The summed E-state index contributed by atoms with van der Waals surface area (Å²) in [5.74, 6) is -2.23. The lowest BCUT2D eigenvalue weighted by Gasteiger charge is -2.38. The van der Waals surface area contributed by atoms with Crippen LogP contribution in [0.1, 0.15) is 37.2 Å². The SMILES string of the molecule is C=CC1(C2CCC(c3ccc(OC)c(F)c3F)CC2)OCCO1. The fraction of sp³-hybridized carbons (Fsp3) is 0.556. The first kappa shape index (κ1) is 16.4. The summed E-state index contributed by atoms with van der Waals surface area (Å²) in [6.45, 7) is 4.99. The van der Waals surface area contributed by atoms with E-state index in [1.165, 1.54) is 13.2 Å². The summed E-state index contributed by atoms with van der Waals surface area (Å²) in [5, 5.41) is 0. The second-order valence-corrected chi connectivity index (χ2v) is 6.16. The zero-order chi connectivity index (χ0) is 16.4. The molecule has 1 aromatic carbocycles. The lowest BCUT2D eigenvalue weighted by Crippen LogP contribution is -2.39. The van der Waals surface area contributed by atoms with Crippen molar-refractivity contribution in [2.24, 2.45) is 5.92 Å². The van der Waals surface area contributed by atoms with E-state index in [0.717, 1.165) is 25.7 Å². The highest BCUT2D eigenvalue weighted by atomic mass is 19.2. The van der Waals surface area contributed by atoms with Crippen LogP contribution in [-0.4, -0.2) is 26.1 Å². The van der Waals surface area contributed by atoms with Crippen LogP contribution >= 0.6 is 0 Å². The highest BCUT2D eigenvalue weighted by molar-refractivity contribution is 5.33. The van der Waals surface area contributed by atoms with E-state index in [1.54, 1.807) is 12.1 Å². The summed E-state index contributed by atoms with van der Waals surface area (Å²) in [5.41, 5.74) is 0.433. The first-order valence-electron chi connectivity index (χ1n) is 8.04. The molecule has 0 unspecified atom stereocenters. The fourth-order valence-corrected chi connectivity index (χ4v) is 3.79. The lowest BCUT2D eigenvalue weighted by atomic mass is 9.75. The van der Waals surface area contributed by atoms with Crippen LogP contribution in [0.25, 0.3) is 0 Å². The molecule has 5 heteroatoms. The van der Waals surface area contributed by atoms with Gasteiger partial charge >= 0.3 is 0 Å². The molecule has 126 valence electrons. The highest BCUT2D eigenvalue weighted by Gasteiger charge is 2.43. The molecule has 1 aliphatic carbocycles. The molecule has 0 spiro atoms. The topological polar surface area (TPSA) is 27.7 Å². The molecule has 0 aromatic heterocycles. The van der Waals surface area contributed by atoms with Gasteiger partial charge in [-0.3, -0.25) is 0 Å². The second kappa shape index (κ2) is 6.57. The Kier molecular flexibility index (Phi) is 4.69. The molecule has 0 amide bonds. The Morgan fingerprint density at radius 3 is 2.35 bits per heavy atom. The minimum absolute atomic E-state index is 0.00919. The lowest BCUT2D eigenvalue weighted by molar-refractivity contribution is -0.164. The van der Waals surface area contributed by atoms with E-state index < -0.39 is 17.4 Å². The summed E-state index contributed by atoms with van der Waals surface area (Å²) >= 11 is 0. The first-order valence-corrected chi connectivity index (χ1v) is 8.04. The molecule has 23 heavy (non-hydrogen) atoms. The van der Waals surface area contributed by atoms with Gasteiger partial charge in [0.05, 0.1) is 20.3 Å². The van der Waals surface area contributed by atoms with Crippen LogP contribution in [0.2, 0.25) is 0 Å². The van der Waals surface area contributed by atoms with Gasteiger partial charge in [-0.05, 0) is 49.3 Å². The molecular formula is C18H22F2O3. The molecule has 0 bridgehead atoms. The molecule has 1 heterocycles. The first-order chi connectivity index (χ1) is 11.1. The molecular weight excluding hydrogens is 302 g/mol. The Morgan fingerprint density at radius 2 is 1.78 bits per heavy atom. The quantitative estimate of drug-likeness (QED) is 0.778. The van der Waals surface area contributed by atoms with E-state index in [-0.39, 0.29) is 17.6 Å². The number of methoxy groups -OCH3 is 1. The van der Waals surface area contributed by atoms with E-state index in [1.807, 2.05) is 0 Å². The molecule has 3 rings (SSSR count). The van der Waals surface area contributed by atoms with Crippen molar-refractivity contribution < 1.29 is 23.0 Å². The van der Waals surface area contributed by atoms with E-state index in [9.17, 15) is 8.78 Å². The van der Waals surface area contributed by atoms with Crippen molar-refractivity contribution in [2.45, 2.75) is 37.4 Å². The number of benzene rings is 1. The van der Waals surface area contributed by atoms with Crippen molar-refractivity contribution in [3.63, 3.8) is 0 Å². The molecule has 1 saturated carbocycles. The van der Waals surface area contributed by atoms with Gasteiger partial charge in [0.25, 0.3) is 0 Å². The van der Waals surface area contributed by atoms with Crippen molar-refractivity contribution in [2.75, 3.05) is 20.3 Å². The van der Waals surface area contributed by atoms with Gasteiger partial charge in [0.2, 0.25) is 5.82 Å². The minimum Gasteiger partial charge on any atom is -0.494 e. The van der Waals surface area contributed by atoms with Crippen molar-refractivity contribution >= 4 is 0 Å². The van der Waals surface area contributed by atoms with Crippen LogP contribution in [0.4, 0.5) is 8.78 Å². The monoisotopic (exact) mass is 324 g/mol. The molecule has 0 N–H and O–H groups in total. The summed E-state index contributed by atoms with van der Waals surface area (Å²) in [7, 11) is 1.33. The van der Waals surface area contributed by atoms with Gasteiger partial charge < -0.3 is 14.2 Å². The Balaban J connectivity index is 1.72. The predicted octanol–water partition coefficient (Wildman–Crippen LogP) is 4.18. The van der Waals surface area contributed by atoms with E-state index in [2.05, 4.69) is 6.58 Å². The maximum Gasteiger partial charge on any atom is 0.200 e. The second-order valence-electron chi connectivity index (χ2n) is 6.16. The van der Waals surface area contributed by atoms with Gasteiger partial charge in [-0.15, -0.1) is 0 Å². The van der Waals surface area contributed by atoms with Crippen LogP contribution in [0, 0.1) is 17.6 Å². The third-order valence-electron chi connectivity index (χ3n) is 5.06. The van der Waals surface area contributed by atoms with E-state index in [4.69, 9.17) is 14.2 Å². The van der Waals surface area contributed by atoms with Crippen molar-refractivity contribution in [3.8, 4) is 5.75 Å². The highest BCUT2D eigenvalue weighted by Crippen LogP contribution is 2.44. The summed E-state index contributed by atoms with van der Waals surface area (Å²) in [6, 6.07) is 3.13. The largest absolute Gasteiger partial charge is 0.494 e. The average Bonchev–Trinajstić information content (AvgIpc) is 3.08. The Bertz CT molecular complexity index is 574. The maximum atomic E-state index is 14.3. The normalized spacial score (nSPS) is 26.9. The Labute approximate surface area is 135 Å². The molecule has 1 aliphatic heterocycles. The number of rotatable bonds is 4. The average molecular weight is 324 g/mol. The van der Waals surface area contributed by atoms with Gasteiger partial charge in [-0.1, -0.05) is 12.6 Å². The van der Waals surface area contributed by atoms with Crippen LogP contribution < -0.4 is 4.74 Å². The molecule has 1 aromatic rings. The third-order valence-corrected chi connectivity index (χ3v) is 5.06. The van der Waals surface area contributed by atoms with Crippen LogP contribution in [0.3, 0.4) is 0 Å². The zero-order valence-corrected chi connectivity index (χ0v) is 13.3. The number of halogens is 2. The smallest absolute Gasteiger partial charge is 0.200 e. The third kappa shape index (κ3) is 2.88. The standard InChI is InChI=1S/C18H22F2O3/c1-3-18(22-10-11-23-18)13-6-4-12(5-7-13)14-8-9-15(21-2)17(20)16(14)19/h3,8-9,12-13H,1,4-7,10-11H2,2H3. The van der Waals surface area contributed by atoms with Crippen LogP contribution in [-0.2, 0) is 9.47 Å². The van der Waals surface area contributed by atoms with E-state index >= 15 is 0 Å². The van der Waals surface area contributed by atoms with Crippen molar-refractivity contribution in [1.29, 1.82) is 0 Å². The molecule has 2 fully saturated rings. The van der Waals surface area contributed by atoms with Crippen molar-refractivity contribution in [1.82, 2.24) is 0 Å². The molecule has 0 radical (unpaired) electrons. The van der Waals surface area contributed by atoms with Crippen molar-refractivity contribution in [3.05, 3.63) is 42.0 Å². The Hall–Kier alpha value is -1.46. The fourth-order valence-electron chi connectivity index (χ4n) is 3.79. The summed E-state index contributed by atoms with van der Waals surface area (Å²) < 4.78 is 44.5. The van der Waals surface area contributed by atoms with Gasteiger partial charge in [0, 0.05) is 5.92 Å². The molecule has 3 nitrogen and oxygen atoms in total. The zero-order valence-electron chi connectivity index (χ0n) is 13.3. The molecule has 0 atom stereocenters. The van der Waals surface area contributed by atoms with Crippen LogP contribution in [0.5, 0.6) is 5.75 Å². The number of hydrogen-bond acceptors (Lipinski definition) is 3.